The van der Waals surface area contributed by atoms with Crippen molar-refractivity contribution < 1.29 is 45.5 Å². The fraction of sp³-hybridized carbons (Fsp3) is 0.667. The molecule has 1 amide bonds. The monoisotopic (exact) mass is 547 g/mol. The molecule has 1 aromatic carbocycles. The van der Waals surface area contributed by atoms with Gasteiger partial charge in [0.25, 0.3) is 6.47 Å². The molecule has 1 aromatic rings. The first-order valence-electron chi connectivity index (χ1n) is 12.8. The lowest BCUT2D eigenvalue weighted by molar-refractivity contribution is -0.150. The average Bonchev–Trinajstić information content (AvgIpc) is 3.18. The Labute approximate surface area is 216 Å². The van der Waals surface area contributed by atoms with E-state index < -0.39 is 51.8 Å². The Hall–Kier alpha value is -2.59. The van der Waals surface area contributed by atoms with E-state index in [0.29, 0.717) is 69.6 Å². The molecule has 0 aromatic heterocycles. The molecule has 3 aliphatic carbocycles. The second-order valence-corrected chi connectivity index (χ2v) is 11.4. The first-order valence-corrected chi connectivity index (χ1v) is 12.8. The van der Waals surface area contributed by atoms with Gasteiger partial charge in [0.05, 0.1) is 23.4 Å². The van der Waals surface area contributed by atoms with E-state index in [2.05, 4.69) is 5.32 Å². The quantitative estimate of drug-likeness (QED) is 0.246. The molecule has 0 saturated heterocycles. The number of ether oxygens (including phenoxy) is 1. The molecular weight excluding hydrogens is 516 g/mol. The van der Waals surface area contributed by atoms with Gasteiger partial charge in [-0.2, -0.15) is 26.3 Å². The van der Waals surface area contributed by atoms with Gasteiger partial charge in [-0.05, 0) is 79.9 Å². The molecular formula is C27H31F6NO4. The Balaban J connectivity index is 1.58. The number of hydrogen-bond donors (Lipinski definition) is 1. The number of fused-ring (bicyclic) bond motifs is 3. The van der Waals surface area contributed by atoms with Gasteiger partial charge in [0.2, 0.25) is 5.91 Å². The van der Waals surface area contributed by atoms with E-state index in [1.807, 2.05) is 13.8 Å². The van der Waals surface area contributed by atoms with Crippen LogP contribution in [0.1, 0.15) is 69.9 Å². The van der Waals surface area contributed by atoms with Crippen LogP contribution in [0.2, 0.25) is 0 Å². The number of carbonyl (C=O) groups is 3. The molecule has 4 rings (SSSR count). The molecule has 210 valence electrons. The predicted molar refractivity (Wildman–Crippen MR) is 125 cm³/mol. The fourth-order valence-electron chi connectivity index (χ4n) is 7.64. The summed E-state index contributed by atoms with van der Waals surface area (Å²) < 4.78 is 85.2. The zero-order valence-corrected chi connectivity index (χ0v) is 21.2. The van der Waals surface area contributed by atoms with Crippen LogP contribution in [0.25, 0.3) is 0 Å². The smallest absolute Gasteiger partial charge is 0.418 e. The number of anilines is 1. The first-order chi connectivity index (χ1) is 17.6. The third kappa shape index (κ3) is 4.93. The summed E-state index contributed by atoms with van der Waals surface area (Å²) in [6.07, 6.45) is -6.18. The van der Waals surface area contributed by atoms with E-state index in [-0.39, 0.29) is 30.1 Å². The number of alkyl halides is 6. The van der Waals surface area contributed by atoms with Crippen molar-refractivity contribution in [2.75, 3.05) is 11.9 Å². The fourth-order valence-corrected chi connectivity index (χ4v) is 7.64. The maximum Gasteiger partial charge on any atom is 0.418 e. The lowest BCUT2D eigenvalue weighted by atomic mass is 9.48. The Morgan fingerprint density at radius 1 is 1.05 bits per heavy atom. The molecule has 6 atom stereocenters. The maximum atomic E-state index is 13.6. The van der Waals surface area contributed by atoms with Gasteiger partial charge in [0, 0.05) is 17.8 Å². The molecule has 5 nitrogen and oxygen atoms in total. The average molecular weight is 548 g/mol. The normalized spacial score (nSPS) is 33.3. The predicted octanol–water partition coefficient (Wildman–Crippen LogP) is 6.65. The number of halogens is 6. The molecule has 3 fully saturated rings. The molecule has 38 heavy (non-hydrogen) atoms. The van der Waals surface area contributed by atoms with Gasteiger partial charge >= 0.3 is 12.4 Å². The van der Waals surface area contributed by atoms with Crippen molar-refractivity contribution in [1.29, 1.82) is 0 Å². The van der Waals surface area contributed by atoms with Gasteiger partial charge in [-0.15, -0.1) is 0 Å². The van der Waals surface area contributed by atoms with Crippen LogP contribution in [-0.4, -0.2) is 24.8 Å². The number of hydrogen-bond acceptors (Lipinski definition) is 4. The summed E-state index contributed by atoms with van der Waals surface area (Å²) in [5, 5.41) is 2.20. The van der Waals surface area contributed by atoms with E-state index in [4.69, 9.17) is 4.74 Å². The van der Waals surface area contributed by atoms with Gasteiger partial charge in [-0.25, -0.2) is 0 Å². The SMILES string of the molecule is C[C@]1(CCOC=O)C(=O)CCC2C1CC[C@@]1(C)C2CC[C@@H]1C(=O)Nc1cc(C(F)(F)F)ccc1C(F)(F)F. The molecule has 3 aliphatic rings. The van der Waals surface area contributed by atoms with Gasteiger partial charge in [-0.1, -0.05) is 13.8 Å². The third-order valence-corrected chi connectivity index (χ3v) is 9.63. The minimum absolute atomic E-state index is 0.0270. The number of carbonyl (C=O) groups excluding carboxylic acids is 3. The van der Waals surface area contributed by atoms with E-state index in [9.17, 15) is 40.7 Å². The molecule has 0 spiro atoms. The van der Waals surface area contributed by atoms with Crippen LogP contribution in [0.15, 0.2) is 18.2 Å². The molecule has 3 unspecified atom stereocenters. The number of rotatable bonds is 6. The lowest BCUT2D eigenvalue weighted by Gasteiger charge is -2.55. The highest BCUT2D eigenvalue weighted by Gasteiger charge is 2.60. The van der Waals surface area contributed by atoms with Crippen LogP contribution in [-0.2, 0) is 31.5 Å². The van der Waals surface area contributed by atoms with Gasteiger partial charge < -0.3 is 10.1 Å². The van der Waals surface area contributed by atoms with Crippen LogP contribution in [0, 0.1) is 34.5 Å². The zero-order valence-electron chi connectivity index (χ0n) is 21.2. The van der Waals surface area contributed by atoms with Crippen molar-refractivity contribution in [2.45, 2.75) is 71.1 Å². The summed E-state index contributed by atoms with van der Waals surface area (Å²) in [6, 6.07) is 1.04. The van der Waals surface area contributed by atoms with Crippen molar-refractivity contribution in [3.63, 3.8) is 0 Å². The summed E-state index contributed by atoms with van der Waals surface area (Å²) in [7, 11) is 0. The summed E-state index contributed by atoms with van der Waals surface area (Å²) in [4.78, 5) is 36.9. The Morgan fingerprint density at radius 2 is 1.76 bits per heavy atom. The molecule has 0 aliphatic heterocycles. The van der Waals surface area contributed by atoms with Crippen molar-refractivity contribution in [1.82, 2.24) is 0 Å². The standard InChI is InChI=1S/C27H31F6NO4/c1-24-10-9-18-16(4-8-22(36)25(18,2)11-12-38-14-35)17(24)6-7-20(24)23(37)34-21-13-15(26(28,29)30)3-5-19(21)27(31,32)33/h3,5,13-14,16-18,20H,4,6-12H2,1-2H3,(H,34,37)/t16?,17?,18?,20-,24+,25-/m1/s1. The van der Waals surface area contributed by atoms with E-state index in [1.165, 1.54) is 0 Å². The summed E-state index contributed by atoms with van der Waals surface area (Å²) in [6.45, 7) is 4.31. The molecule has 0 radical (unpaired) electrons. The number of nitrogens with one attached hydrogen (secondary N) is 1. The highest BCUT2D eigenvalue weighted by molar-refractivity contribution is 5.94. The van der Waals surface area contributed by atoms with Crippen LogP contribution in [0.4, 0.5) is 32.0 Å². The molecule has 11 heteroatoms. The second kappa shape index (κ2) is 9.86. The minimum Gasteiger partial charge on any atom is -0.468 e. The number of ketones is 1. The Kier molecular flexibility index (Phi) is 7.37. The van der Waals surface area contributed by atoms with Gasteiger partial charge in [0.15, 0.2) is 0 Å². The summed E-state index contributed by atoms with van der Waals surface area (Å²) in [5.41, 5.74) is -4.74. The lowest BCUT2D eigenvalue weighted by Crippen LogP contribution is -2.53. The topological polar surface area (TPSA) is 72.5 Å². The van der Waals surface area contributed by atoms with Crippen LogP contribution < -0.4 is 5.32 Å². The maximum absolute atomic E-state index is 13.6. The molecule has 0 heterocycles. The van der Waals surface area contributed by atoms with Crippen molar-refractivity contribution in [2.24, 2.45) is 34.5 Å². The van der Waals surface area contributed by atoms with Crippen molar-refractivity contribution in [3.8, 4) is 0 Å². The zero-order chi connectivity index (χ0) is 28.1. The number of Topliss-reactive ketones (excluding diaryl/α,β-unsaturated/α-hetero) is 1. The summed E-state index contributed by atoms with van der Waals surface area (Å²) in [5.74, 6) is -1.09. The first kappa shape index (κ1) is 28.4. The van der Waals surface area contributed by atoms with Gasteiger partial charge in [-0.3, -0.25) is 14.4 Å². The molecule has 3 saturated carbocycles. The van der Waals surface area contributed by atoms with E-state index in [0.717, 1.165) is 0 Å². The van der Waals surface area contributed by atoms with Crippen molar-refractivity contribution in [3.05, 3.63) is 29.3 Å². The molecule has 1 N–H and O–H groups in total. The Morgan fingerprint density at radius 3 is 2.39 bits per heavy atom. The minimum atomic E-state index is -4.94. The third-order valence-electron chi connectivity index (χ3n) is 9.63. The van der Waals surface area contributed by atoms with Crippen molar-refractivity contribution >= 4 is 23.9 Å². The van der Waals surface area contributed by atoms with Crippen LogP contribution in [0.5, 0.6) is 0 Å². The second-order valence-electron chi connectivity index (χ2n) is 11.4. The largest absolute Gasteiger partial charge is 0.468 e. The number of benzene rings is 1. The van der Waals surface area contributed by atoms with E-state index >= 15 is 0 Å². The van der Waals surface area contributed by atoms with Crippen LogP contribution in [0.3, 0.4) is 0 Å². The Bertz CT molecular complexity index is 1100. The number of amides is 1. The molecule has 0 bridgehead atoms. The highest BCUT2D eigenvalue weighted by atomic mass is 19.4. The van der Waals surface area contributed by atoms with E-state index in [1.54, 1.807) is 0 Å². The summed E-state index contributed by atoms with van der Waals surface area (Å²) >= 11 is 0. The highest BCUT2D eigenvalue weighted by Crippen LogP contribution is 2.64. The van der Waals surface area contributed by atoms with Crippen LogP contribution >= 0.6 is 0 Å². The van der Waals surface area contributed by atoms with Gasteiger partial charge in [0.1, 0.15) is 5.78 Å².